The Bertz CT molecular complexity index is 397. The van der Waals surface area contributed by atoms with Crippen LogP contribution in [0.15, 0.2) is 24.3 Å². The average molecular weight is 234 g/mol. The van der Waals surface area contributed by atoms with Gasteiger partial charge >= 0.3 is 0 Å². The molecule has 1 saturated carbocycles. The first-order chi connectivity index (χ1) is 8.30. The summed E-state index contributed by atoms with van der Waals surface area (Å²) < 4.78 is 13.9. The van der Waals surface area contributed by atoms with Crippen LogP contribution in [-0.4, -0.2) is 25.7 Å². The molecule has 0 amide bonds. The van der Waals surface area contributed by atoms with Gasteiger partial charge in [0, 0.05) is 31.1 Å². The largest absolute Gasteiger partial charge is 0.314 e. The van der Waals surface area contributed by atoms with Crippen LogP contribution in [0.4, 0.5) is 4.39 Å². The molecule has 3 rings (SSSR count). The third-order valence-corrected chi connectivity index (χ3v) is 4.27. The van der Waals surface area contributed by atoms with Gasteiger partial charge in [0.1, 0.15) is 5.82 Å². The summed E-state index contributed by atoms with van der Waals surface area (Å²) in [5, 5.41) is 6.81. The first-order valence-corrected chi connectivity index (χ1v) is 6.49. The normalized spacial score (nSPS) is 22.9. The van der Waals surface area contributed by atoms with E-state index in [4.69, 9.17) is 0 Å². The van der Waals surface area contributed by atoms with Gasteiger partial charge < -0.3 is 10.6 Å². The molecule has 2 N–H and O–H groups in total. The Labute approximate surface area is 102 Å². The molecular formula is C14H19FN2. The second-order valence-corrected chi connectivity index (χ2v) is 5.35. The van der Waals surface area contributed by atoms with E-state index in [9.17, 15) is 4.39 Å². The van der Waals surface area contributed by atoms with Gasteiger partial charge in [0.15, 0.2) is 0 Å². The molecule has 0 radical (unpaired) electrons. The van der Waals surface area contributed by atoms with Gasteiger partial charge in [0.2, 0.25) is 0 Å². The molecule has 1 aromatic rings. The number of rotatable bonds is 4. The van der Waals surface area contributed by atoms with E-state index in [1.807, 2.05) is 12.1 Å². The van der Waals surface area contributed by atoms with Gasteiger partial charge in [-0.25, -0.2) is 4.39 Å². The van der Waals surface area contributed by atoms with Crippen molar-refractivity contribution in [3.05, 3.63) is 35.6 Å². The van der Waals surface area contributed by atoms with Gasteiger partial charge in [0.05, 0.1) is 0 Å². The first-order valence-electron chi connectivity index (χ1n) is 6.49. The summed E-state index contributed by atoms with van der Waals surface area (Å²) in [6, 6.07) is 7.84. The fourth-order valence-electron chi connectivity index (χ4n) is 2.81. The zero-order chi connectivity index (χ0) is 11.7. The number of nitrogens with one attached hydrogen (secondary N) is 2. The molecule has 1 aliphatic heterocycles. The van der Waals surface area contributed by atoms with Crippen LogP contribution >= 0.6 is 0 Å². The highest BCUT2D eigenvalue weighted by Gasteiger charge is 2.40. The van der Waals surface area contributed by atoms with Crippen molar-refractivity contribution >= 4 is 0 Å². The van der Waals surface area contributed by atoms with Gasteiger partial charge in [-0.15, -0.1) is 0 Å². The van der Waals surface area contributed by atoms with Crippen LogP contribution in [0.25, 0.3) is 0 Å². The van der Waals surface area contributed by atoms with Crippen molar-refractivity contribution in [1.29, 1.82) is 0 Å². The van der Waals surface area contributed by atoms with E-state index in [1.165, 1.54) is 6.42 Å². The number of halogens is 1. The summed E-state index contributed by atoms with van der Waals surface area (Å²) in [6.45, 7) is 3.01. The van der Waals surface area contributed by atoms with Gasteiger partial charge in [0.25, 0.3) is 0 Å². The van der Waals surface area contributed by atoms with Crippen molar-refractivity contribution in [3.63, 3.8) is 0 Å². The first kappa shape index (κ1) is 11.2. The van der Waals surface area contributed by atoms with Crippen LogP contribution in [0.2, 0.25) is 0 Å². The van der Waals surface area contributed by atoms with Crippen molar-refractivity contribution < 1.29 is 4.39 Å². The quantitative estimate of drug-likeness (QED) is 0.830. The Morgan fingerprint density at radius 1 is 1.29 bits per heavy atom. The number of hydrogen-bond acceptors (Lipinski definition) is 2. The van der Waals surface area contributed by atoms with E-state index in [1.54, 1.807) is 12.1 Å². The van der Waals surface area contributed by atoms with Crippen LogP contribution in [0.5, 0.6) is 0 Å². The van der Waals surface area contributed by atoms with Gasteiger partial charge in [-0.1, -0.05) is 24.6 Å². The molecule has 0 unspecified atom stereocenters. The molecule has 2 aliphatic rings. The highest BCUT2D eigenvalue weighted by Crippen LogP contribution is 2.44. The molecule has 0 aromatic heterocycles. The minimum Gasteiger partial charge on any atom is -0.314 e. The van der Waals surface area contributed by atoms with Crippen LogP contribution in [0, 0.1) is 5.82 Å². The second-order valence-electron chi connectivity index (χ2n) is 5.35. The molecule has 1 heterocycles. The molecule has 2 nitrogen and oxygen atoms in total. The Morgan fingerprint density at radius 2 is 2.06 bits per heavy atom. The Balaban J connectivity index is 1.74. The van der Waals surface area contributed by atoms with Gasteiger partial charge in [-0.2, -0.15) is 0 Å². The summed E-state index contributed by atoms with van der Waals surface area (Å²) in [5.41, 5.74) is 0.965. The molecule has 17 heavy (non-hydrogen) atoms. The highest BCUT2D eigenvalue weighted by atomic mass is 19.1. The van der Waals surface area contributed by atoms with Crippen molar-refractivity contribution in [3.8, 4) is 0 Å². The van der Waals surface area contributed by atoms with Crippen LogP contribution in [-0.2, 0) is 5.41 Å². The van der Waals surface area contributed by atoms with Gasteiger partial charge in [-0.3, -0.25) is 0 Å². The molecule has 2 fully saturated rings. The van der Waals surface area contributed by atoms with Crippen LogP contribution < -0.4 is 10.6 Å². The van der Waals surface area contributed by atoms with E-state index >= 15 is 0 Å². The maximum absolute atomic E-state index is 13.9. The third-order valence-electron chi connectivity index (χ3n) is 4.27. The molecule has 92 valence electrons. The molecule has 1 saturated heterocycles. The zero-order valence-electron chi connectivity index (χ0n) is 10.0. The molecule has 1 aromatic carbocycles. The Hall–Kier alpha value is -0.930. The molecule has 0 spiro atoms. The predicted octanol–water partition coefficient (Wildman–Crippen LogP) is 1.81. The monoisotopic (exact) mass is 234 g/mol. The fraction of sp³-hybridized carbons (Fsp3) is 0.571. The molecule has 0 atom stereocenters. The number of hydrogen-bond donors (Lipinski definition) is 2. The van der Waals surface area contributed by atoms with Crippen LogP contribution in [0.3, 0.4) is 0 Å². The molecular weight excluding hydrogens is 215 g/mol. The van der Waals surface area contributed by atoms with E-state index in [2.05, 4.69) is 10.6 Å². The van der Waals surface area contributed by atoms with Crippen molar-refractivity contribution in [2.24, 2.45) is 0 Å². The minimum atomic E-state index is -0.0410. The maximum atomic E-state index is 13.9. The fourth-order valence-corrected chi connectivity index (χ4v) is 2.81. The summed E-state index contributed by atoms with van der Waals surface area (Å²) in [4.78, 5) is 0. The van der Waals surface area contributed by atoms with E-state index in [0.717, 1.165) is 38.0 Å². The summed E-state index contributed by atoms with van der Waals surface area (Å²) in [5.74, 6) is -0.0410. The SMILES string of the molecule is Fc1ccccc1C1(CNC2CNC2)CCC1. The minimum absolute atomic E-state index is 0.0410. The average Bonchev–Trinajstić information content (AvgIpc) is 2.21. The third kappa shape index (κ3) is 1.98. The topological polar surface area (TPSA) is 24.1 Å². The van der Waals surface area contributed by atoms with E-state index < -0.39 is 0 Å². The summed E-state index contributed by atoms with van der Waals surface area (Å²) in [6.07, 6.45) is 3.45. The lowest BCUT2D eigenvalue weighted by Crippen LogP contribution is -2.58. The maximum Gasteiger partial charge on any atom is 0.127 e. The van der Waals surface area contributed by atoms with Crippen molar-refractivity contribution in [2.75, 3.05) is 19.6 Å². The van der Waals surface area contributed by atoms with Crippen molar-refractivity contribution in [1.82, 2.24) is 10.6 Å². The molecule has 0 bridgehead atoms. The van der Waals surface area contributed by atoms with Crippen LogP contribution in [0.1, 0.15) is 24.8 Å². The van der Waals surface area contributed by atoms with Gasteiger partial charge in [-0.05, 0) is 24.5 Å². The molecule has 1 aliphatic carbocycles. The lowest BCUT2D eigenvalue weighted by molar-refractivity contribution is 0.207. The smallest absolute Gasteiger partial charge is 0.127 e. The predicted molar refractivity (Wildman–Crippen MR) is 66.6 cm³/mol. The van der Waals surface area contributed by atoms with E-state index in [0.29, 0.717) is 6.04 Å². The Kier molecular flexibility index (Phi) is 2.89. The zero-order valence-corrected chi connectivity index (χ0v) is 10.0. The van der Waals surface area contributed by atoms with Crippen molar-refractivity contribution in [2.45, 2.75) is 30.7 Å². The number of benzene rings is 1. The summed E-state index contributed by atoms with van der Waals surface area (Å²) in [7, 11) is 0. The lowest BCUT2D eigenvalue weighted by atomic mass is 9.64. The second kappa shape index (κ2) is 4.39. The Morgan fingerprint density at radius 3 is 2.59 bits per heavy atom. The van der Waals surface area contributed by atoms with E-state index in [-0.39, 0.29) is 11.2 Å². The molecule has 3 heteroatoms. The summed E-state index contributed by atoms with van der Waals surface area (Å²) >= 11 is 0. The highest BCUT2D eigenvalue weighted by molar-refractivity contribution is 5.30. The lowest BCUT2D eigenvalue weighted by Gasteiger charge is -2.44. The standard InChI is InChI=1S/C14H19FN2/c15-13-5-2-1-4-12(13)14(6-3-7-14)10-17-11-8-16-9-11/h1-2,4-5,11,16-17H,3,6-10H2.